The number of nitrogens with one attached hydrogen (secondary N) is 1. The second-order valence-corrected chi connectivity index (χ2v) is 8.69. The molecule has 0 aliphatic carbocycles. The molecule has 0 aromatic heterocycles. The number of hydrogen-bond acceptors (Lipinski definition) is 2. The van der Waals surface area contributed by atoms with Crippen molar-refractivity contribution in [3.63, 3.8) is 0 Å². The van der Waals surface area contributed by atoms with Crippen LogP contribution in [-0.4, -0.2) is 18.8 Å². The fourth-order valence-electron chi connectivity index (χ4n) is 4.45. The quantitative estimate of drug-likeness (QED) is 0.639. The van der Waals surface area contributed by atoms with Gasteiger partial charge in [0.05, 0.1) is 5.60 Å². The molecule has 1 aliphatic heterocycles. The minimum atomic E-state index is 0.0165. The Kier molecular flexibility index (Phi) is 7.09. The van der Waals surface area contributed by atoms with Crippen molar-refractivity contribution >= 4 is 0 Å². The van der Waals surface area contributed by atoms with Crippen molar-refractivity contribution in [1.82, 2.24) is 5.32 Å². The largest absolute Gasteiger partial charge is 0.376 e. The molecule has 27 heavy (non-hydrogen) atoms. The highest BCUT2D eigenvalue weighted by Crippen LogP contribution is 2.36. The van der Waals surface area contributed by atoms with Gasteiger partial charge in [-0.05, 0) is 76.0 Å². The van der Waals surface area contributed by atoms with E-state index < -0.39 is 0 Å². The van der Waals surface area contributed by atoms with Gasteiger partial charge in [-0.2, -0.15) is 0 Å². The molecule has 1 heterocycles. The van der Waals surface area contributed by atoms with Gasteiger partial charge < -0.3 is 10.1 Å². The Morgan fingerprint density at radius 1 is 1.04 bits per heavy atom. The SMILES string of the molecule is C[C@H](NCC[C@@H](Cc1ccccc1)[C@H]1CCOC(C)(C)C1)c1ccccc1. The van der Waals surface area contributed by atoms with E-state index in [2.05, 4.69) is 86.8 Å². The van der Waals surface area contributed by atoms with Crippen LogP contribution in [-0.2, 0) is 11.2 Å². The van der Waals surface area contributed by atoms with E-state index in [1.165, 1.54) is 36.8 Å². The zero-order valence-corrected chi connectivity index (χ0v) is 17.2. The molecule has 1 saturated heterocycles. The predicted octanol–water partition coefficient (Wildman–Crippen LogP) is 5.79. The number of benzene rings is 2. The molecule has 0 amide bonds. The van der Waals surface area contributed by atoms with Crippen LogP contribution >= 0.6 is 0 Å². The Morgan fingerprint density at radius 3 is 2.37 bits per heavy atom. The third-order valence-corrected chi connectivity index (χ3v) is 6.01. The summed E-state index contributed by atoms with van der Waals surface area (Å²) >= 11 is 0. The summed E-state index contributed by atoms with van der Waals surface area (Å²) in [6.07, 6.45) is 4.74. The van der Waals surface area contributed by atoms with Gasteiger partial charge in [0.15, 0.2) is 0 Å². The first kappa shape index (κ1) is 20.1. The zero-order chi connectivity index (χ0) is 19.1. The zero-order valence-electron chi connectivity index (χ0n) is 17.2. The molecule has 2 heteroatoms. The molecule has 1 N–H and O–H groups in total. The summed E-state index contributed by atoms with van der Waals surface area (Å²) in [6, 6.07) is 22.1. The summed E-state index contributed by atoms with van der Waals surface area (Å²) in [4.78, 5) is 0. The van der Waals surface area contributed by atoms with E-state index in [4.69, 9.17) is 4.74 Å². The highest BCUT2D eigenvalue weighted by molar-refractivity contribution is 5.18. The molecule has 2 aromatic carbocycles. The predicted molar refractivity (Wildman–Crippen MR) is 114 cm³/mol. The molecule has 146 valence electrons. The summed E-state index contributed by atoms with van der Waals surface area (Å²) in [5, 5.41) is 3.74. The topological polar surface area (TPSA) is 21.3 Å². The summed E-state index contributed by atoms with van der Waals surface area (Å²) in [5.41, 5.74) is 2.84. The molecule has 0 spiro atoms. The van der Waals surface area contributed by atoms with Crippen molar-refractivity contribution in [1.29, 1.82) is 0 Å². The Labute approximate surface area is 165 Å². The average molecular weight is 366 g/mol. The smallest absolute Gasteiger partial charge is 0.0629 e. The van der Waals surface area contributed by atoms with Gasteiger partial charge in [0, 0.05) is 12.6 Å². The van der Waals surface area contributed by atoms with Crippen molar-refractivity contribution in [2.24, 2.45) is 11.8 Å². The standard InChI is InChI=1S/C25H35NO/c1-20(22-12-8-5-9-13-22)26-16-14-23(18-21-10-6-4-7-11-21)24-15-17-27-25(2,3)19-24/h4-13,20,23-24,26H,14-19H2,1-3H3/t20-,23-,24-/m0/s1. The van der Waals surface area contributed by atoms with Crippen LogP contribution in [0.1, 0.15) is 57.2 Å². The van der Waals surface area contributed by atoms with Crippen molar-refractivity contribution < 1.29 is 4.74 Å². The molecule has 2 nitrogen and oxygen atoms in total. The van der Waals surface area contributed by atoms with Crippen LogP contribution in [0.5, 0.6) is 0 Å². The highest BCUT2D eigenvalue weighted by atomic mass is 16.5. The molecule has 0 bridgehead atoms. The maximum Gasteiger partial charge on any atom is 0.0629 e. The van der Waals surface area contributed by atoms with E-state index in [-0.39, 0.29) is 5.60 Å². The van der Waals surface area contributed by atoms with E-state index >= 15 is 0 Å². The number of ether oxygens (including phenoxy) is 1. The van der Waals surface area contributed by atoms with Crippen LogP contribution in [0.3, 0.4) is 0 Å². The van der Waals surface area contributed by atoms with Gasteiger partial charge >= 0.3 is 0 Å². The fraction of sp³-hybridized carbons (Fsp3) is 0.520. The molecule has 1 aliphatic rings. The van der Waals surface area contributed by atoms with Crippen molar-refractivity contribution in [3.8, 4) is 0 Å². The third kappa shape index (κ3) is 6.19. The third-order valence-electron chi connectivity index (χ3n) is 6.01. The summed E-state index contributed by atoms with van der Waals surface area (Å²) in [7, 11) is 0. The molecule has 3 rings (SSSR count). The van der Waals surface area contributed by atoms with E-state index in [1.54, 1.807) is 0 Å². The van der Waals surface area contributed by atoms with E-state index in [0.717, 1.165) is 19.1 Å². The van der Waals surface area contributed by atoms with Crippen LogP contribution in [0, 0.1) is 11.8 Å². The lowest BCUT2D eigenvalue weighted by atomic mass is 9.75. The minimum absolute atomic E-state index is 0.0165. The van der Waals surface area contributed by atoms with Crippen LogP contribution in [0.4, 0.5) is 0 Å². The van der Waals surface area contributed by atoms with Crippen molar-refractivity contribution in [2.45, 2.75) is 58.1 Å². The maximum atomic E-state index is 5.98. The van der Waals surface area contributed by atoms with E-state index in [1.807, 2.05) is 0 Å². The van der Waals surface area contributed by atoms with Gasteiger partial charge in [0.2, 0.25) is 0 Å². The molecular weight excluding hydrogens is 330 g/mol. The Morgan fingerprint density at radius 2 is 1.70 bits per heavy atom. The molecule has 0 saturated carbocycles. The van der Waals surface area contributed by atoms with Gasteiger partial charge in [0.25, 0.3) is 0 Å². The fourth-order valence-corrected chi connectivity index (χ4v) is 4.45. The summed E-state index contributed by atoms with van der Waals surface area (Å²) in [6.45, 7) is 8.71. The highest BCUT2D eigenvalue weighted by Gasteiger charge is 2.33. The monoisotopic (exact) mass is 365 g/mol. The van der Waals surface area contributed by atoms with Crippen molar-refractivity contribution in [3.05, 3.63) is 71.8 Å². The van der Waals surface area contributed by atoms with Crippen molar-refractivity contribution in [2.75, 3.05) is 13.2 Å². The van der Waals surface area contributed by atoms with Gasteiger partial charge in [0.1, 0.15) is 0 Å². The maximum absolute atomic E-state index is 5.98. The van der Waals surface area contributed by atoms with Crippen LogP contribution in [0.2, 0.25) is 0 Å². The first-order valence-corrected chi connectivity index (χ1v) is 10.5. The summed E-state index contributed by atoms with van der Waals surface area (Å²) in [5.74, 6) is 1.44. The lowest BCUT2D eigenvalue weighted by molar-refractivity contribution is -0.0830. The molecular formula is C25H35NO. The van der Waals surface area contributed by atoms with E-state index in [0.29, 0.717) is 12.0 Å². The lowest BCUT2D eigenvalue weighted by Crippen LogP contribution is -2.38. The number of rotatable bonds is 8. The second kappa shape index (κ2) is 9.52. The van der Waals surface area contributed by atoms with Gasteiger partial charge in [-0.1, -0.05) is 60.7 Å². The molecule has 2 aromatic rings. The molecule has 3 atom stereocenters. The summed E-state index contributed by atoms with van der Waals surface area (Å²) < 4.78 is 5.98. The van der Waals surface area contributed by atoms with Gasteiger partial charge in [-0.25, -0.2) is 0 Å². The first-order chi connectivity index (χ1) is 13.0. The average Bonchev–Trinajstić information content (AvgIpc) is 2.68. The molecule has 0 unspecified atom stereocenters. The lowest BCUT2D eigenvalue weighted by Gasteiger charge is -2.39. The Hall–Kier alpha value is -1.64. The number of hydrogen-bond donors (Lipinski definition) is 1. The Bertz CT molecular complexity index is 667. The van der Waals surface area contributed by atoms with Crippen LogP contribution in [0.25, 0.3) is 0 Å². The van der Waals surface area contributed by atoms with Gasteiger partial charge in [-0.15, -0.1) is 0 Å². The van der Waals surface area contributed by atoms with Crippen LogP contribution < -0.4 is 5.32 Å². The van der Waals surface area contributed by atoms with Gasteiger partial charge in [-0.3, -0.25) is 0 Å². The first-order valence-electron chi connectivity index (χ1n) is 10.5. The minimum Gasteiger partial charge on any atom is -0.376 e. The van der Waals surface area contributed by atoms with E-state index in [9.17, 15) is 0 Å². The second-order valence-electron chi connectivity index (χ2n) is 8.69. The Balaban J connectivity index is 1.61. The van der Waals surface area contributed by atoms with Crippen LogP contribution in [0.15, 0.2) is 60.7 Å². The molecule has 1 fully saturated rings. The molecule has 0 radical (unpaired) electrons. The normalized spacial score (nSPS) is 21.5.